The van der Waals surface area contributed by atoms with E-state index in [1.54, 1.807) is 6.92 Å². The van der Waals surface area contributed by atoms with E-state index in [0.717, 1.165) is 0 Å². The van der Waals surface area contributed by atoms with Gasteiger partial charge in [-0.2, -0.15) is 0 Å². The second-order valence-electron chi connectivity index (χ2n) is 4.72. The van der Waals surface area contributed by atoms with Crippen LogP contribution in [0.5, 0.6) is 0 Å². The van der Waals surface area contributed by atoms with E-state index in [2.05, 4.69) is 10.1 Å². The van der Waals surface area contributed by atoms with E-state index >= 15 is 0 Å². The van der Waals surface area contributed by atoms with Gasteiger partial charge in [0.2, 0.25) is 0 Å². The van der Waals surface area contributed by atoms with Crippen LogP contribution in [0.15, 0.2) is 11.3 Å². The van der Waals surface area contributed by atoms with Crippen LogP contribution in [-0.4, -0.2) is 35.7 Å². The number of hydrogen-bond donors (Lipinski definition) is 4. The van der Waals surface area contributed by atoms with Crippen molar-refractivity contribution in [2.45, 2.75) is 33.2 Å². The fourth-order valence-electron chi connectivity index (χ4n) is 1.79. The van der Waals surface area contributed by atoms with Crippen molar-refractivity contribution in [2.24, 2.45) is 5.92 Å². The molecule has 0 saturated carbocycles. The molecule has 112 valence electrons. The summed E-state index contributed by atoms with van der Waals surface area (Å²) in [5.74, 6) is -1.63. The molecule has 20 heavy (non-hydrogen) atoms. The van der Waals surface area contributed by atoms with Crippen molar-refractivity contribution in [3.8, 4) is 0 Å². The molecule has 1 heterocycles. The summed E-state index contributed by atoms with van der Waals surface area (Å²) in [7, 11) is 0. The van der Waals surface area contributed by atoms with Crippen molar-refractivity contribution < 1.29 is 24.2 Å². The summed E-state index contributed by atoms with van der Waals surface area (Å²) >= 11 is 0. The molecule has 0 saturated heterocycles. The lowest BCUT2D eigenvalue weighted by atomic mass is 10.0. The monoisotopic (exact) mass is 285 g/mol. The lowest BCUT2D eigenvalue weighted by Crippen LogP contribution is -2.44. The van der Waals surface area contributed by atoms with Crippen molar-refractivity contribution in [3.63, 3.8) is 0 Å². The Labute approximate surface area is 116 Å². The average molecular weight is 285 g/mol. The topological polar surface area (TPSA) is 117 Å². The maximum absolute atomic E-state index is 11.7. The molecule has 8 nitrogen and oxygen atoms in total. The minimum atomic E-state index is -0.890. The summed E-state index contributed by atoms with van der Waals surface area (Å²) in [5, 5.41) is 12.4. The van der Waals surface area contributed by atoms with Gasteiger partial charge in [0.05, 0.1) is 12.6 Å². The first-order valence-corrected chi connectivity index (χ1v) is 6.33. The van der Waals surface area contributed by atoms with Crippen molar-refractivity contribution in [1.29, 1.82) is 0 Å². The van der Waals surface area contributed by atoms with Gasteiger partial charge in [-0.25, -0.2) is 10.2 Å². The Hall–Kier alpha value is -2.25. The molecule has 3 amide bonds. The normalized spacial score (nSPS) is 18.0. The highest BCUT2D eigenvalue weighted by atomic mass is 16.6. The second-order valence-corrected chi connectivity index (χ2v) is 4.72. The van der Waals surface area contributed by atoms with E-state index in [4.69, 9.17) is 0 Å². The van der Waals surface area contributed by atoms with Gasteiger partial charge in [-0.15, -0.1) is 0 Å². The Balaban J connectivity index is 2.68. The van der Waals surface area contributed by atoms with E-state index in [0.29, 0.717) is 6.42 Å². The number of rotatable bonds is 4. The SMILES string of the molecule is CCOC(=O)NNC(=O)C1=C(O)C(CC(C)C)NC1=O. The van der Waals surface area contributed by atoms with Gasteiger partial charge in [0.1, 0.15) is 11.3 Å². The predicted molar refractivity (Wildman–Crippen MR) is 69.3 cm³/mol. The lowest BCUT2D eigenvalue weighted by molar-refractivity contribution is -0.123. The minimum Gasteiger partial charge on any atom is -0.509 e. The number of aliphatic hydroxyl groups is 1. The Kier molecular flexibility index (Phi) is 5.36. The van der Waals surface area contributed by atoms with Gasteiger partial charge >= 0.3 is 6.09 Å². The zero-order chi connectivity index (χ0) is 15.3. The van der Waals surface area contributed by atoms with Gasteiger partial charge < -0.3 is 15.2 Å². The van der Waals surface area contributed by atoms with E-state index in [-0.39, 0.29) is 18.3 Å². The minimum absolute atomic E-state index is 0.145. The molecule has 1 atom stereocenters. The quantitative estimate of drug-likeness (QED) is 0.432. The van der Waals surface area contributed by atoms with Crippen molar-refractivity contribution in [2.75, 3.05) is 6.61 Å². The molecule has 1 rings (SSSR count). The lowest BCUT2D eigenvalue weighted by Gasteiger charge is -2.12. The molecular formula is C12H19N3O5. The van der Waals surface area contributed by atoms with E-state index in [1.165, 1.54) is 0 Å². The largest absolute Gasteiger partial charge is 0.509 e. The Morgan fingerprint density at radius 2 is 2.05 bits per heavy atom. The molecule has 0 fully saturated rings. The highest BCUT2D eigenvalue weighted by molar-refractivity contribution is 6.20. The Bertz CT molecular complexity index is 444. The van der Waals surface area contributed by atoms with Gasteiger partial charge in [0, 0.05) is 0 Å². The summed E-state index contributed by atoms with van der Waals surface area (Å²) in [6, 6.07) is -0.578. The van der Waals surface area contributed by atoms with Crippen LogP contribution in [0.4, 0.5) is 4.79 Å². The first kappa shape index (κ1) is 15.8. The molecule has 0 spiro atoms. The molecule has 1 aliphatic rings. The van der Waals surface area contributed by atoms with Crippen LogP contribution in [0.3, 0.4) is 0 Å². The standard InChI is InChI=1S/C12H19N3O5/c1-4-20-12(19)15-14-11(18)8-9(16)7(5-6(2)3)13-10(8)17/h6-7,16H,4-5H2,1-3H3,(H,13,17)(H,14,18)(H,15,19). The number of hydrazine groups is 1. The average Bonchev–Trinajstić information content (AvgIpc) is 2.61. The maximum Gasteiger partial charge on any atom is 0.426 e. The fourth-order valence-corrected chi connectivity index (χ4v) is 1.79. The first-order valence-electron chi connectivity index (χ1n) is 6.33. The summed E-state index contributed by atoms with van der Waals surface area (Å²) in [4.78, 5) is 34.4. The third kappa shape index (κ3) is 3.87. The van der Waals surface area contributed by atoms with Gasteiger partial charge in [0.15, 0.2) is 0 Å². The van der Waals surface area contributed by atoms with Crippen LogP contribution in [-0.2, 0) is 14.3 Å². The zero-order valence-electron chi connectivity index (χ0n) is 11.6. The third-order valence-corrected chi connectivity index (χ3v) is 2.61. The van der Waals surface area contributed by atoms with Gasteiger partial charge in [-0.1, -0.05) is 13.8 Å². The third-order valence-electron chi connectivity index (χ3n) is 2.61. The Morgan fingerprint density at radius 3 is 2.60 bits per heavy atom. The van der Waals surface area contributed by atoms with Crippen molar-refractivity contribution >= 4 is 17.9 Å². The van der Waals surface area contributed by atoms with E-state index < -0.39 is 29.5 Å². The van der Waals surface area contributed by atoms with Crippen LogP contribution in [0.1, 0.15) is 27.2 Å². The number of nitrogens with one attached hydrogen (secondary N) is 3. The molecule has 0 aromatic carbocycles. The maximum atomic E-state index is 11.7. The number of hydrogen-bond acceptors (Lipinski definition) is 5. The molecule has 0 aromatic heterocycles. The van der Waals surface area contributed by atoms with Crippen LogP contribution >= 0.6 is 0 Å². The predicted octanol–water partition coefficient (Wildman–Crippen LogP) is 0.120. The molecule has 1 unspecified atom stereocenters. The van der Waals surface area contributed by atoms with Crippen LogP contribution < -0.4 is 16.2 Å². The summed E-state index contributed by atoms with van der Waals surface area (Å²) in [5.41, 5.74) is 3.58. The molecule has 4 N–H and O–H groups in total. The number of aliphatic hydroxyl groups excluding tert-OH is 1. The fraction of sp³-hybridized carbons (Fsp3) is 0.583. The van der Waals surface area contributed by atoms with E-state index in [1.807, 2.05) is 24.7 Å². The van der Waals surface area contributed by atoms with Gasteiger partial charge in [0.25, 0.3) is 11.8 Å². The molecular weight excluding hydrogens is 266 g/mol. The zero-order valence-corrected chi connectivity index (χ0v) is 11.6. The van der Waals surface area contributed by atoms with Gasteiger partial charge in [-0.05, 0) is 19.3 Å². The highest BCUT2D eigenvalue weighted by Gasteiger charge is 2.36. The Morgan fingerprint density at radius 1 is 1.40 bits per heavy atom. The molecule has 0 bridgehead atoms. The number of amides is 3. The summed E-state index contributed by atoms with van der Waals surface area (Å²) in [6.07, 6.45) is -0.335. The van der Waals surface area contributed by atoms with Crippen molar-refractivity contribution in [1.82, 2.24) is 16.2 Å². The number of carbonyl (C=O) groups is 3. The number of ether oxygens (including phenoxy) is 1. The van der Waals surface area contributed by atoms with Crippen LogP contribution in [0.25, 0.3) is 0 Å². The van der Waals surface area contributed by atoms with Crippen molar-refractivity contribution in [3.05, 3.63) is 11.3 Å². The molecule has 0 aromatic rings. The second kappa shape index (κ2) is 6.78. The van der Waals surface area contributed by atoms with Crippen LogP contribution in [0, 0.1) is 5.92 Å². The molecule has 0 radical (unpaired) electrons. The van der Waals surface area contributed by atoms with E-state index in [9.17, 15) is 19.5 Å². The summed E-state index contributed by atoms with van der Waals surface area (Å²) < 4.78 is 4.54. The van der Waals surface area contributed by atoms with Crippen LogP contribution in [0.2, 0.25) is 0 Å². The summed E-state index contributed by atoms with van der Waals surface area (Å²) in [6.45, 7) is 5.61. The first-order chi connectivity index (χ1) is 9.36. The highest BCUT2D eigenvalue weighted by Crippen LogP contribution is 2.20. The molecule has 0 aliphatic carbocycles. The number of carbonyl (C=O) groups excluding carboxylic acids is 3. The molecule has 8 heteroatoms. The smallest absolute Gasteiger partial charge is 0.426 e. The van der Waals surface area contributed by atoms with Gasteiger partial charge in [-0.3, -0.25) is 15.0 Å². The molecule has 1 aliphatic heterocycles.